The Morgan fingerprint density at radius 1 is 1.05 bits per heavy atom. The molecule has 4 rings (SSSR count). The van der Waals surface area contributed by atoms with E-state index in [1.54, 1.807) is 6.08 Å². The fourth-order valence-corrected chi connectivity index (χ4v) is 6.18. The summed E-state index contributed by atoms with van der Waals surface area (Å²) in [6.45, 7) is 2.49. The van der Waals surface area contributed by atoms with Gasteiger partial charge in [0.15, 0.2) is 5.78 Å². The molecule has 0 bridgehead atoms. The van der Waals surface area contributed by atoms with Gasteiger partial charge in [-0.2, -0.15) is 0 Å². The fraction of sp³-hybridized carbons (Fsp3) is 0.842. The average molecular weight is 306 g/mol. The maximum atomic E-state index is 11.7. The van der Waals surface area contributed by atoms with E-state index >= 15 is 0 Å². The SMILES string of the molecule is CC12CCCC1C1CCC3=CC(=O)CC[C@]3(O)C1CC2.CO. The molecule has 2 N–H and O–H groups in total. The summed E-state index contributed by atoms with van der Waals surface area (Å²) in [4.78, 5) is 11.7. The van der Waals surface area contributed by atoms with Gasteiger partial charge < -0.3 is 10.2 Å². The van der Waals surface area contributed by atoms with Crippen LogP contribution in [0.4, 0.5) is 0 Å². The molecule has 4 aliphatic rings. The van der Waals surface area contributed by atoms with Gasteiger partial charge in [0, 0.05) is 13.5 Å². The van der Waals surface area contributed by atoms with Crippen molar-refractivity contribution in [3.8, 4) is 0 Å². The van der Waals surface area contributed by atoms with Crippen LogP contribution < -0.4 is 0 Å². The van der Waals surface area contributed by atoms with Crippen molar-refractivity contribution in [1.82, 2.24) is 0 Å². The van der Waals surface area contributed by atoms with Crippen molar-refractivity contribution >= 4 is 5.78 Å². The highest BCUT2D eigenvalue weighted by molar-refractivity contribution is 5.92. The Hall–Kier alpha value is -0.670. The van der Waals surface area contributed by atoms with Gasteiger partial charge in [0.05, 0.1) is 5.60 Å². The second-order valence-electron chi connectivity index (χ2n) is 8.06. The number of aliphatic hydroxyl groups excluding tert-OH is 1. The molecule has 5 atom stereocenters. The molecule has 4 unspecified atom stereocenters. The summed E-state index contributed by atoms with van der Waals surface area (Å²) in [6, 6.07) is 0. The first-order valence-corrected chi connectivity index (χ1v) is 8.94. The van der Waals surface area contributed by atoms with E-state index in [9.17, 15) is 9.90 Å². The lowest BCUT2D eigenvalue weighted by Crippen LogP contribution is -2.54. The molecule has 3 heteroatoms. The Bertz CT molecular complexity index is 483. The molecule has 0 radical (unpaired) electrons. The van der Waals surface area contributed by atoms with Crippen molar-refractivity contribution in [2.24, 2.45) is 23.2 Å². The van der Waals surface area contributed by atoms with Crippen LogP contribution in [0.2, 0.25) is 0 Å². The first kappa shape index (κ1) is 16.2. The summed E-state index contributed by atoms with van der Waals surface area (Å²) >= 11 is 0. The van der Waals surface area contributed by atoms with E-state index in [0.717, 1.165) is 25.0 Å². The van der Waals surface area contributed by atoms with Gasteiger partial charge in [0.25, 0.3) is 0 Å². The number of aliphatic hydroxyl groups is 2. The molecule has 3 fully saturated rings. The Kier molecular flexibility index (Phi) is 4.24. The molecule has 124 valence electrons. The van der Waals surface area contributed by atoms with E-state index in [1.165, 1.54) is 38.5 Å². The van der Waals surface area contributed by atoms with E-state index in [-0.39, 0.29) is 5.78 Å². The van der Waals surface area contributed by atoms with E-state index < -0.39 is 5.60 Å². The number of rotatable bonds is 0. The Labute approximate surface area is 133 Å². The summed E-state index contributed by atoms with van der Waals surface area (Å²) < 4.78 is 0. The van der Waals surface area contributed by atoms with Crippen molar-refractivity contribution in [3.63, 3.8) is 0 Å². The molecule has 0 aliphatic heterocycles. The lowest BCUT2D eigenvalue weighted by molar-refractivity contribution is -0.124. The van der Waals surface area contributed by atoms with Crippen LogP contribution in [0, 0.1) is 23.2 Å². The summed E-state index contributed by atoms with van der Waals surface area (Å²) in [5.74, 6) is 2.17. The molecule has 0 aromatic carbocycles. The maximum absolute atomic E-state index is 11.7. The van der Waals surface area contributed by atoms with E-state index in [4.69, 9.17) is 5.11 Å². The highest BCUT2D eigenvalue weighted by Gasteiger charge is 2.57. The zero-order valence-corrected chi connectivity index (χ0v) is 14.0. The molecule has 22 heavy (non-hydrogen) atoms. The summed E-state index contributed by atoms with van der Waals surface area (Å²) in [5, 5.41) is 18.3. The molecule has 3 saturated carbocycles. The highest BCUT2D eigenvalue weighted by Crippen LogP contribution is 2.62. The zero-order chi connectivity index (χ0) is 16.0. The van der Waals surface area contributed by atoms with Crippen LogP contribution in [0.3, 0.4) is 0 Å². The predicted molar refractivity (Wildman–Crippen MR) is 86.3 cm³/mol. The number of carbonyl (C=O) groups is 1. The lowest BCUT2D eigenvalue weighted by Gasteiger charge is -2.56. The molecular weight excluding hydrogens is 276 g/mol. The third kappa shape index (κ3) is 2.28. The van der Waals surface area contributed by atoms with Crippen molar-refractivity contribution in [1.29, 1.82) is 0 Å². The topological polar surface area (TPSA) is 57.5 Å². The normalized spacial score (nSPS) is 46.6. The van der Waals surface area contributed by atoms with Crippen LogP contribution in [-0.2, 0) is 4.79 Å². The number of fused-ring (bicyclic) bond motifs is 5. The van der Waals surface area contributed by atoms with Gasteiger partial charge in [0.2, 0.25) is 0 Å². The Balaban J connectivity index is 0.000000693. The molecule has 0 aromatic rings. The number of hydrogen-bond donors (Lipinski definition) is 2. The zero-order valence-electron chi connectivity index (χ0n) is 14.0. The van der Waals surface area contributed by atoms with Crippen molar-refractivity contribution in [3.05, 3.63) is 11.6 Å². The highest BCUT2D eigenvalue weighted by atomic mass is 16.3. The van der Waals surface area contributed by atoms with Crippen LogP contribution in [0.15, 0.2) is 11.6 Å². The third-order valence-corrected chi connectivity index (χ3v) is 7.22. The number of hydrogen-bond acceptors (Lipinski definition) is 3. The van der Waals surface area contributed by atoms with E-state index in [0.29, 0.717) is 30.1 Å². The molecular formula is C19H30O3. The minimum absolute atomic E-state index is 0.227. The van der Waals surface area contributed by atoms with Gasteiger partial charge >= 0.3 is 0 Å². The first-order valence-electron chi connectivity index (χ1n) is 8.94. The average Bonchev–Trinajstić information content (AvgIpc) is 2.92. The van der Waals surface area contributed by atoms with Crippen molar-refractivity contribution in [2.45, 2.75) is 70.3 Å². The molecule has 0 aromatic heterocycles. The molecule has 4 aliphatic carbocycles. The summed E-state index contributed by atoms with van der Waals surface area (Å²) in [5.41, 5.74) is 0.973. The Morgan fingerprint density at radius 3 is 2.59 bits per heavy atom. The van der Waals surface area contributed by atoms with Crippen LogP contribution in [-0.4, -0.2) is 28.7 Å². The molecule has 0 spiro atoms. The van der Waals surface area contributed by atoms with E-state index in [1.807, 2.05) is 0 Å². The first-order chi connectivity index (χ1) is 10.5. The van der Waals surface area contributed by atoms with Gasteiger partial charge in [-0.1, -0.05) is 13.3 Å². The third-order valence-electron chi connectivity index (χ3n) is 7.22. The molecule has 0 heterocycles. The standard InChI is InChI=1S/C18H26O2.CH4O/c1-17-8-2-3-15(17)14-5-4-12-11-13(19)6-10-18(12,20)16(14)7-9-17;1-2/h11,14-16,20H,2-10H2,1H3;2H,1H3/t14?,15?,16?,17?,18-;/m1./s1. The monoisotopic (exact) mass is 306 g/mol. The Morgan fingerprint density at radius 2 is 1.82 bits per heavy atom. The number of ketones is 1. The van der Waals surface area contributed by atoms with Crippen molar-refractivity contribution in [2.75, 3.05) is 7.11 Å². The smallest absolute Gasteiger partial charge is 0.155 e. The predicted octanol–water partition coefficient (Wildman–Crippen LogP) is 3.24. The quantitative estimate of drug-likeness (QED) is 0.722. The molecule has 0 saturated heterocycles. The second-order valence-corrected chi connectivity index (χ2v) is 8.06. The van der Waals surface area contributed by atoms with Crippen LogP contribution in [0.25, 0.3) is 0 Å². The van der Waals surface area contributed by atoms with Crippen LogP contribution in [0.5, 0.6) is 0 Å². The van der Waals surface area contributed by atoms with Gasteiger partial charge in [-0.3, -0.25) is 4.79 Å². The summed E-state index contributed by atoms with van der Waals surface area (Å²) in [6.07, 6.45) is 11.7. The second kappa shape index (κ2) is 5.76. The van der Waals surface area contributed by atoms with E-state index in [2.05, 4.69) is 6.92 Å². The maximum Gasteiger partial charge on any atom is 0.155 e. The van der Waals surface area contributed by atoms with Crippen molar-refractivity contribution < 1.29 is 15.0 Å². The van der Waals surface area contributed by atoms with Gasteiger partial charge in [-0.25, -0.2) is 0 Å². The fourth-order valence-electron chi connectivity index (χ4n) is 6.18. The largest absolute Gasteiger partial charge is 0.400 e. The minimum Gasteiger partial charge on any atom is -0.400 e. The molecule has 0 amide bonds. The minimum atomic E-state index is -0.638. The van der Waals surface area contributed by atoms with Gasteiger partial charge in [0.1, 0.15) is 0 Å². The molecule has 3 nitrogen and oxygen atoms in total. The van der Waals surface area contributed by atoms with Gasteiger partial charge in [-0.05, 0) is 79.8 Å². The van der Waals surface area contributed by atoms with Crippen LogP contribution in [0.1, 0.15) is 64.7 Å². The lowest BCUT2D eigenvalue weighted by atomic mass is 9.51. The van der Waals surface area contributed by atoms with Crippen LogP contribution >= 0.6 is 0 Å². The number of carbonyl (C=O) groups excluding carboxylic acids is 1. The van der Waals surface area contributed by atoms with Gasteiger partial charge in [-0.15, -0.1) is 0 Å². The summed E-state index contributed by atoms with van der Waals surface area (Å²) in [7, 11) is 1.00.